The number of halogens is 1. The van der Waals surface area contributed by atoms with Crippen molar-refractivity contribution < 1.29 is 14.3 Å². The van der Waals surface area contributed by atoms with Gasteiger partial charge in [-0.25, -0.2) is 4.79 Å². The van der Waals surface area contributed by atoms with Crippen LogP contribution in [0.15, 0.2) is 53.3 Å². The third kappa shape index (κ3) is 3.92. The second-order valence-electron chi connectivity index (χ2n) is 4.82. The number of aromatic nitrogens is 1. The Morgan fingerprint density at radius 1 is 1.18 bits per heavy atom. The van der Waals surface area contributed by atoms with Gasteiger partial charge in [0.1, 0.15) is 0 Å². The van der Waals surface area contributed by atoms with Gasteiger partial charge in [-0.15, -0.1) is 0 Å². The van der Waals surface area contributed by atoms with Gasteiger partial charge in [0.05, 0.1) is 5.56 Å². The van der Waals surface area contributed by atoms with E-state index in [1.165, 1.54) is 11.1 Å². The van der Waals surface area contributed by atoms with Gasteiger partial charge in [-0.3, -0.25) is 9.78 Å². The van der Waals surface area contributed by atoms with Crippen molar-refractivity contribution >= 4 is 27.8 Å². The smallest absolute Gasteiger partial charge is 0.340 e. The van der Waals surface area contributed by atoms with Gasteiger partial charge in [-0.05, 0) is 22.0 Å². The number of carbonyl (C=O) groups is 2. The van der Waals surface area contributed by atoms with Crippen LogP contribution in [0.4, 0.5) is 0 Å². The van der Waals surface area contributed by atoms with Crippen molar-refractivity contribution in [3.05, 3.63) is 64.4 Å². The number of rotatable bonds is 4. The number of likely N-dealkylation sites (N-methyl/N-ethyl adjacent to an activating group) is 1. The molecular formula is C16H15BrN2O3. The molecule has 1 aromatic carbocycles. The zero-order valence-corrected chi connectivity index (χ0v) is 13.8. The van der Waals surface area contributed by atoms with Crippen molar-refractivity contribution in [2.45, 2.75) is 6.10 Å². The summed E-state index contributed by atoms with van der Waals surface area (Å²) in [6.07, 6.45) is 1.98. The maximum absolute atomic E-state index is 12.3. The zero-order chi connectivity index (χ0) is 16.1. The van der Waals surface area contributed by atoms with E-state index in [0.717, 1.165) is 0 Å². The molecule has 0 bridgehead atoms. The molecule has 1 amide bonds. The first-order valence-electron chi connectivity index (χ1n) is 6.56. The van der Waals surface area contributed by atoms with Crippen LogP contribution in [0, 0.1) is 0 Å². The first-order valence-corrected chi connectivity index (χ1v) is 7.36. The van der Waals surface area contributed by atoms with Crippen molar-refractivity contribution in [3.8, 4) is 0 Å². The van der Waals surface area contributed by atoms with E-state index < -0.39 is 12.1 Å². The van der Waals surface area contributed by atoms with E-state index in [1.807, 2.05) is 6.07 Å². The second kappa shape index (κ2) is 7.17. The van der Waals surface area contributed by atoms with E-state index in [9.17, 15) is 9.59 Å². The number of carbonyl (C=O) groups excluding carboxylic acids is 2. The fourth-order valence-electron chi connectivity index (χ4n) is 1.82. The summed E-state index contributed by atoms with van der Waals surface area (Å²) in [4.78, 5) is 29.9. The summed E-state index contributed by atoms with van der Waals surface area (Å²) in [5.74, 6) is -0.902. The molecule has 6 heteroatoms. The van der Waals surface area contributed by atoms with Crippen molar-refractivity contribution in [2.24, 2.45) is 0 Å². The van der Waals surface area contributed by atoms with Gasteiger partial charge in [0.25, 0.3) is 5.91 Å². The maximum atomic E-state index is 12.3. The quantitative estimate of drug-likeness (QED) is 0.784. The lowest BCUT2D eigenvalue weighted by molar-refractivity contribution is -0.138. The molecule has 0 fully saturated rings. The average molecular weight is 363 g/mol. The van der Waals surface area contributed by atoms with Gasteiger partial charge in [0, 0.05) is 36.5 Å². The highest BCUT2D eigenvalue weighted by Gasteiger charge is 2.27. The van der Waals surface area contributed by atoms with E-state index >= 15 is 0 Å². The zero-order valence-electron chi connectivity index (χ0n) is 12.2. The third-order valence-corrected chi connectivity index (χ3v) is 3.37. The molecule has 2 rings (SSSR count). The molecule has 0 aliphatic rings. The van der Waals surface area contributed by atoms with Crippen molar-refractivity contribution in [1.82, 2.24) is 9.88 Å². The Balaban J connectivity index is 2.27. The molecule has 1 aromatic heterocycles. The highest BCUT2D eigenvalue weighted by molar-refractivity contribution is 9.10. The average Bonchev–Trinajstić information content (AvgIpc) is 2.52. The summed E-state index contributed by atoms with van der Waals surface area (Å²) >= 11 is 3.25. The predicted molar refractivity (Wildman–Crippen MR) is 85.2 cm³/mol. The van der Waals surface area contributed by atoms with E-state index in [-0.39, 0.29) is 11.5 Å². The fraction of sp³-hybridized carbons (Fsp3) is 0.188. The first-order chi connectivity index (χ1) is 10.5. The van der Waals surface area contributed by atoms with E-state index in [0.29, 0.717) is 10.0 Å². The van der Waals surface area contributed by atoms with E-state index in [4.69, 9.17) is 4.74 Å². The van der Waals surface area contributed by atoms with Gasteiger partial charge in [0.15, 0.2) is 0 Å². The van der Waals surface area contributed by atoms with E-state index in [1.54, 1.807) is 50.6 Å². The lowest BCUT2D eigenvalue weighted by Gasteiger charge is -2.21. The monoisotopic (exact) mass is 362 g/mol. The van der Waals surface area contributed by atoms with Crippen LogP contribution >= 0.6 is 15.9 Å². The molecule has 2 aromatic rings. The molecule has 1 heterocycles. The molecule has 5 nitrogen and oxygen atoms in total. The topological polar surface area (TPSA) is 59.5 Å². The van der Waals surface area contributed by atoms with Crippen molar-refractivity contribution in [1.29, 1.82) is 0 Å². The first kappa shape index (κ1) is 16.2. The van der Waals surface area contributed by atoms with Gasteiger partial charge in [-0.2, -0.15) is 0 Å². The largest absolute Gasteiger partial charge is 0.444 e. The Morgan fingerprint density at radius 2 is 1.86 bits per heavy atom. The molecule has 0 spiro atoms. The number of benzene rings is 1. The molecule has 22 heavy (non-hydrogen) atoms. The van der Waals surface area contributed by atoms with Gasteiger partial charge in [0.2, 0.25) is 6.10 Å². The Morgan fingerprint density at radius 3 is 2.45 bits per heavy atom. The number of amides is 1. The summed E-state index contributed by atoms with van der Waals surface area (Å²) in [7, 11) is 3.24. The number of pyridine rings is 1. The van der Waals surface area contributed by atoms with Crippen LogP contribution in [0.25, 0.3) is 0 Å². The van der Waals surface area contributed by atoms with Crippen LogP contribution < -0.4 is 0 Å². The van der Waals surface area contributed by atoms with Crippen LogP contribution in [0.3, 0.4) is 0 Å². The molecule has 0 aliphatic carbocycles. The van der Waals surface area contributed by atoms with Crippen LogP contribution in [0.5, 0.6) is 0 Å². The molecule has 114 valence electrons. The molecule has 0 aliphatic heterocycles. The molecular weight excluding hydrogens is 348 g/mol. The number of ether oxygens (including phenoxy) is 1. The normalized spacial score (nSPS) is 11.6. The van der Waals surface area contributed by atoms with Crippen LogP contribution in [0.1, 0.15) is 22.0 Å². The van der Waals surface area contributed by atoms with Gasteiger partial charge < -0.3 is 9.64 Å². The van der Waals surface area contributed by atoms with E-state index in [2.05, 4.69) is 20.9 Å². The highest BCUT2D eigenvalue weighted by atomic mass is 79.9. The van der Waals surface area contributed by atoms with Gasteiger partial charge >= 0.3 is 5.97 Å². The van der Waals surface area contributed by atoms with Crippen LogP contribution in [0.2, 0.25) is 0 Å². The minimum absolute atomic E-state index is 0.280. The predicted octanol–water partition coefficient (Wildman–Crippen LogP) is 2.83. The summed E-state index contributed by atoms with van der Waals surface area (Å²) in [6, 6.07) is 10.5. The maximum Gasteiger partial charge on any atom is 0.340 e. The summed E-state index contributed by atoms with van der Waals surface area (Å²) in [5, 5.41) is 0. The summed E-state index contributed by atoms with van der Waals surface area (Å²) < 4.78 is 6.07. The number of esters is 1. The summed E-state index contributed by atoms with van der Waals surface area (Å²) in [6.45, 7) is 0. The van der Waals surface area contributed by atoms with Crippen molar-refractivity contribution in [2.75, 3.05) is 14.1 Å². The standard InChI is InChI=1S/C16H15BrN2O3/c1-19(2)15(20)14(11-6-4-3-5-7-11)22-16(21)12-8-13(17)10-18-9-12/h3-10,14H,1-2H3/t14-/m0/s1. The minimum atomic E-state index is -0.984. The molecule has 1 atom stereocenters. The highest BCUT2D eigenvalue weighted by Crippen LogP contribution is 2.21. The molecule has 0 N–H and O–H groups in total. The lowest BCUT2D eigenvalue weighted by atomic mass is 10.1. The lowest BCUT2D eigenvalue weighted by Crippen LogP contribution is -2.31. The van der Waals surface area contributed by atoms with Crippen molar-refractivity contribution in [3.63, 3.8) is 0 Å². The SMILES string of the molecule is CN(C)C(=O)[C@@H](OC(=O)c1cncc(Br)c1)c1ccccc1. The summed E-state index contributed by atoms with van der Waals surface area (Å²) in [5.41, 5.74) is 0.902. The second-order valence-corrected chi connectivity index (χ2v) is 5.74. The fourth-order valence-corrected chi connectivity index (χ4v) is 2.19. The Labute approximate surface area is 137 Å². The number of nitrogens with zero attached hydrogens (tertiary/aromatic N) is 2. The van der Waals surface area contributed by atoms with Crippen LogP contribution in [-0.2, 0) is 9.53 Å². The molecule has 0 saturated carbocycles. The number of hydrogen-bond acceptors (Lipinski definition) is 4. The number of hydrogen-bond donors (Lipinski definition) is 0. The molecule has 0 unspecified atom stereocenters. The molecule has 0 radical (unpaired) electrons. The Bertz CT molecular complexity index is 674. The molecule has 0 saturated heterocycles. The third-order valence-electron chi connectivity index (χ3n) is 2.93. The van der Waals surface area contributed by atoms with Crippen LogP contribution in [-0.4, -0.2) is 35.9 Å². The Kier molecular flexibility index (Phi) is 5.27. The minimum Gasteiger partial charge on any atom is -0.444 e. The van der Waals surface area contributed by atoms with Gasteiger partial charge in [-0.1, -0.05) is 30.3 Å². The Hall–Kier alpha value is -2.21.